The van der Waals surface area contributed by atoms with Crippen LogP contribution in [0.1, 0.15) is 10.4 Å². The maximum absolute atomic E-state index is 15.8. The van der Waals surface area contributed by atoms with Crippen LogP contribution < -0.4 is 15.6 Å². The number of esters is 1. The number of thioether (sulfide) groups is 1. The number of alkyl halides is 1. The number of carbonyl (C=O) groups excluding carboxylic acids is 3. The number of nitrogens with zero attached hydrogens (tertiary/aromatic N) is 4. The first-order chi connectivity index (χ1) is 20.1. The molecule has 2 fully saturated rings. The lowest BCUT2D eigenvalue weighted by atomic mass is 10.0. The minimum atomic E-state index is -1.46. The topological polar surface area (TPSA) is 141 Å². The Kier molecular flexibility index (Phi) is 8.19. The molecule has 224 valence electrons. The lowest BCUT2D eigenvalue weighted by Crippen LogP contribution is -2.69. The zero-order chi connectivity index (χ0) is 30.3. The van der Waals surface area contributed by atoms with Gasteiger partial charge in [0.05, 0.1) is 17.4 Å². The van der Waals surface area contributed by atoms with Crippen molar-refractivity contribution >= 4 is 52.6 Å². The predicted octanol–water partition coefficient (Wildman–Crippen LogP) is 0.526. The third kappa shape index (κ3) is 4.98. The van der Waals surface area contributed by atoms with Gasteiger partial charge in [-0.15, -0.1) is 11.8 Å². The van der Waals surface area contributed by atoms with Gasteiger partial charge >= 0.3 is 11.9 Å². The molecule has 3 aliphatic heterocycles. The van der Waals surface area contributed by atoms with Crippen LogP contribution in [-0.2, 0) is 25.7 Å². The smallest absolute Gasteiger partial charge is 0.352 e. The number of anilines is 1. The molecule has 2 saturated heterocycles. The Labute approximate surface area is 240 Å². The van der Waals surface area contributed by atoms with E-state index in [0.29, 0.717) is 32.6 Å². The molecule has 1 aromatic heterocycles. The highest BCUT2D eigenvalue weighted by molar-refractivity contribution is 8.00. The number of carboxylic acid groups (broad SMARTS) is 1. The van der Waals surface area contributed by atoms with Crippen LogP contribution in [0.15, 0.2) is 28.3 Å². The van der Waals surface area contributed by atoms with Crippen LogP contribution in [0.25, 0.3) is 10.9 Å². The van der Waals surface area contributed by atoms with Crippen molar-refractivity contribution in [2.24, 2.45) is 0 Å². The van der Waals surface area contributed by atoms with Crippen LogP contribution in [0.4, 0.5) is 18.9 Å². The summed E-state index contributed by atoms with van der Waals surface area (Å²) < 4.78 is 50.8. The Morgan fingerprint density at radius 1 is 1.21 bits per heavy atom. The number of likely N-dealkylation sites (N-methyl/N-ethyl adjacent to an activating group) is 1. The molecule has 2 N–H and O–H groups in total. The third-order valence-electron chi connectivity index (χ3n) is 7.47. The van der Waals surface area contributed by atoms with Gasteiger partial charge in [-0.25, -0.2) is 22.8 Å². The van der Waals surface area contributed by atoms with Crippen LogP contribution >= 0.6 is 11.8 Å². The molecule has 42 heavy (non-hydrogen) atoms. The molecule has 0 aliphatic carbocycles. The van der Waals surface area contributed by atoms with Crippen molar-refractivity contribution in [2.45, 2.75) is 18.0 Å². The second-order valence-corrected chi connectivity index (χ2v) is 11.1. The zero-order valence-electron chi connectivity index (χ0n) is 22.3. The van der Waals surface area contributed by atoms with Gasteiger partial charge in [-0.2, -0.15) is 0 Å². The summed E-state index contributed by atoms with van der Waals surface area (Å²) in [5.41, 5.74) is -2.71. The first-order valence-electron chi connectivity index (χ1n) is 12.9. The second-order valence-electron chi connectivity index (χ2n) is 9.97. The number of amides is 2. The number of hydrogen-bond acceptors (Lipinski definition) is 9. The van der Waals surface area contributed by atoms with E-state index in [1.807, 2.05) is 11.9 Å². The highest BCUT2D eigenvalue weighted by Gasteiger charge is 2.53. The molecular weight excluding hydrogens is 583 g/mol. The first-order valence-corrected chi connectivity index (χ1v) is 13.9. The number of hydrogen-bond donors (Lipinski definition) is 2. The summed E-state index contributed by atoms with van der Waals surface area (Å²) in [6, 6.07) is -0.0719. The lowest BCUT2D eigenvalue weighted by molar-refractivity contribution is -0.149. The van der Waals surface area contributed by atoms with Crippen molar-refractivity contribution in [3.8, 4) is 0 Å². The standard InChI is InChI=1S/C26H26F3N5O7S/c1-31-4-6-32(7-5-31)21-16(28)8-14-20(17(21)29)33(3-2-27)9-15(22(14)36)26(40)41-10-13-11-42-24-18(30-12-35)23(37)34(24)19(13)25(38)39/h8-9,12,18,24H,2-7,10-11H2,1H3,(H,30,35)(H,38,39)/t18-,24-/m1/s1. The number of ether oxygens (including phenoxy) is 1. The molecular formula is C26H26F3N5O7S. The van der Waals surface area contributed by atoms with Gasteiger partial charge in [-0.1, -0.05) is 0 Å². The van der Waals surface area contributed by atoms with Crippen molar-refractivity contribution in [1.82, 2.24) is 19.7 Å². The number of rotatable bonds is 9. The SMILES string of the molecule is CN1CCN(c2c(F)cc3c(=O)c(C(=O)OCC4=C(C(=O)O)N5C(=O)[C@@H](NC=O)[C@H]5SC4)cn(CCF)c3c2F)CC1. The number of pyridine rings is 1. The van der Waals surface area contributed by atoms with Crippen molar-refractivity contribution in [3.05, 3.63) is 51.0 Å². The molecule has 12 nitrogen and oxygen atoms in total. The molecule has 2 atom stereocenters. The Bertz CT molecular complexity index is 1570. The fourth-order valence-corrected chi connectivity index (χ4v) is 6.67. The van der Waals surface area contributed by atoms with E-state index in [9.17, 15) is 33.5 Å². The monoisotopic (exact) mass is 609 g/mol. The van der Waals surface area contributed by atoms with Crippen LogP contribution in [0.5, 0.6) is 0 Å². The third-order valence-corrected chi connectivity index (χ3v) is 8.81. The number of carboxylic acids is 1. The summed E-state index contributed by atoms with van der Waals surface area (Å²) in [7, 11) is 1.88. The van der Waals surface area contributed by atoms with E-state index in [2.05, 4.69) is 5.32 Å². The molecule has 16 heteroatoms. The summed E-state index contributed by atoms with van der Waals surface area (Å²) >= 11 is 1.15. The molecule has 2 aromatic rings. The highest BCUT2D eigenvalue weighted by Crippen LogP contribution is 2.40. The van der Waals surface area contributed by atoms with E-state index in [4.69, 9.17) is 4.74 Å². The molecule has 4 heterocycles. The normalized spacial score (nSPS) is 20.8. The van der Waals surface area contributed by atoms with Gasteiger partial charge in [0.25, 0.3) is 5.91 Å². The Morgan fingerprint density at radius 2 is 1.93 bits per heavy atom. The Morgan fingerprint density at radius 3 is 2.57 bits per heavy atom. The Balaban J connectivity index is 1.46. The summed E-state index contributed by atoms with van der Waals surface area (Å²) in [5.74, 6) is -5.35. The minimum Gasteiger partial charge on any atom is -0.477 e. The van der Waals surface area contributed by atoms with Crippen molar-refractivity contribution in [3.63, 3.8) is 0 Å². The summed E-state index contributed by atoms with van der Waals surface area (Å²) in [5, 5.41) is 10.9. The number of halogens is 3. The van der Waals surface area contributed by atoms with Crippen molar-refractivity contribution < 1.29 is 42.2 Å². The number of nitrogens with one attached hydrogen (secondary N) is 1. The number of piperazine rings is 1. The maximum Gasteiger partial charge on any atom is 0.352 e. The number of fused-ring (bicyclic) bond motifs is 2. The summed E-state index contributed by atoms with van der Waals surface area (Å²) in [4.78, 5) is 65.9. The number of β-lactam (4-membered cyclic amide) rings is 1. The molecule has 5 rings (SSSR count). The molecule has 0 bridgehead atoms. The van der Waals surface area contributed by atoms with Gasteiger partial charge in [0.15, 0.2) is 5.82 Å². The predicted molar refractivity (Wildman–Crippen MR) is 145 cm³/mol. The average molecular weight is 610 g/mol. The number of carbonyl (C=O) groups is 4. The van der Waals surface area contributed by atoms with E-state index in [-0.39, 0.29) is 22.5 Å². The number of benzene rings is 1. The minimum absolute atomic E-state index is 0.0374. The van der Waals surface area contributed by atoms with Crippen LogP contribution in [-0.4, -0.2) is 107 Å². The van der Waals surface area contributed by atoms with E-state index in [1.54, 1.807) is 0 Å². The number of aromatic nitrogens is 1. The fourth-order valence-electron chi connectivity index (χ4n) is 5.33. The zero-order valence-corrected chi connectivity index (χ0v) is 23.1. The Hall–Kier alpha value is -4.05. The molecule has 0 spiro atoms. The van der Waals surface area contributed by atoms with Crippen molar-refractivity contribution in [2.75, 3.05) is 57.2 Å². The van der Waals surface area contributed by atoms with E-state index in [0.717, 1.165) is 33.5 Å². The lowest BCUT2D eigenvalue weighted by Gasteiger charge is -2.48. The van der Waals surface area contributed by atoms with Gasteiger partial charge in [0.2, 0.25) is 11.8 Å². The van der Waals surface area contributed by atoms with Crippen LogP contribution in [0.2, 0.25) is 0 Å². The summed E-state index contributed by atoms with van der Waals surface area (Å²) in [6.45, 7) is -0.260. The van der Waals surface area contributed by atoms with Gasteiger partial charge < -0.3 is 29.5 Å². The number of aryl methyl sites for hydroxylation is 1. The highest BCUT2D eigenvalue weighted by atomic mass is 32.2. The quantitative estimate of drug-likeness (QED) is 0.235. The fraction of sp³-hybridized carbons (Fsp3) is 0.423. The molecule has 3 aliphatic rings. The van der Waals surface area contributed by atoms with E-state index >= 15 is 8.78 Å². The van der Waals surface area contributed by atoms with Gasteiger partial charge in [-0.3, -0.25) is 19.3 Å². The molecule has 2 amide bonds. The number of aliphatic carboxylic acids is 1. The van der Waals surface area contributed by atoms with Gasteiger partial charge in [0.1, 0.15) is 47.5 Å². The average Bonchev–Trinajstić information content (AvgIpc) is 2.96. The van der Waals surface area contributed by atoms with E-state index in [1.165, 1.54) is 4.90 Å². The first kappa shape index (κ1) is 29.4. The molecule has 1 aromatic carbocycles. The van der Waals surface area contributed by atoms with Gasteiger partial charge in [-0.05, 0) is 13.1 Å². The van der Waals surface area contributed by atoms with Crippen LogP contribution in [0, 0.1) is 11.6 Å². The summed E-state index contributed by atoms with van der Waals surface area (Å²) in [6.07, 6.45) is 1.28. The maximum atomic E-state index is 15.8. The second kappa shape index (κ2) is 11.7. The van der Waals surface area contributed by atoms with Gasteiger partial charge in [0, 0.05) is 43.7 Å². The van der Waals surface area contributed by atoms with E-state index < -0.39 is 82.8 Å². The van der Waals surface area contributed by atoms with Crippen molar-refractivity contribution in [1.29, 1.82) is 0 Å². The molecule has 0 radical (unpaired) electrons. The largest absolute Gasteiger partial charge is 0.477 e. The molecule has 0 unspecified atom stereocenters. The molecule has 0 saturated carbocycles. The van der Waals surface area contributed by atoms with Crippen LogP contribution in [0.3, 0.4) is 0 Å².